The highest BCUT2D eigenvalue weighted by molar-refractivity contribution is 6.05. The van der Waals surface area contributed by atoms with Crippen molar-refractivity contribution in [3.05, 3.63) is 41.5 Å². The van der Waals surface area contributed by atoms with Gasteiger partial charge in [-0.25, -0.2) is 9.67 Å². The van der Waals surface area contributed by atoms with Crippen LogP contribution in [0.3, 0.4) is 0 Å². The van der Waals surface area contributed by atoms with E-state index in [0.29, 0.717) is 11.3 Å². The van der Waals surface area contributed by atoms with E-state index in [0.717, 1.165) is 29.0 Å². The highest BCUT2D eigenvalue weighted by atomic mass is 16.1. The molecule has 3 aromatic rings. The quantitative estimate of drug-likeness (QED) is 0.795. The Labute approximate surface area is 141 Å². The van der Waals surface area contributed by atoms with Crippen molar-refractivity contribution in [1.29, 1.82) is 0 Å². The van der Waals surface area contributed by atoms with E-state index in [1.54, 1.807) is 12.4 Å². The van der Waals surface area contributed by atoms with Gasteiger partial charge in [-0.05, 0) is 46.8 Å². The Balaban J connectivity index is 1.88. The number of aryl methyl sites for hydroxylation is 1. The molecule has 0 aromatic carbocycles. The van der Waals surface area contributed by atoms with E-state index in [4.69, 9.17) is 0 Å². The third-order valence-corrected chi connectivity index (χ3v) is 4.31. The molecule has 0 saturated heterocycles. The third kappa shape index (κ3) is 2.68. The fourth-order valence-electron chi connectivity index (χ4n) is 3.10. The Hall–Kier alpha value is -2.63. The van der Waals surface area contributed by atoms with Crippen molar-refractivity contribution in [3.63, 3.8) is 0 Å². The number of carbonyl (C=O) groups is 1. The number of anilines is 1. The van der Waals surface area contributed by atoms with Crippen LogP contribution < -0.4 is 5.32 Å². The van der Waals surface area contributed by atoms with Crippen LogP contribution in [0.25, 0.3) is 11.0 Å². The van der Waals surface area contributed by atoms with E-state index in [1.807, 2.05) is 30.7 Å². The summed E-state index contributed by atoms with van der Waals surface area (Å²) in [4.78, 5) is 17.0. The number of amides is 1. The van der Waals surface area contributed by atoms with Crippen molar-refractivity contribution < 1.29 is 4.79 Å². The first-order chi connectivity index (χ1) is 11.4. The van der Waals surface area contributed by atoms with Gasteiger partial charge in [0.15, 0.2) is 5.65 Å². The molecule has 3 heterocycles. The summed E-state index contributed by atoms with van der Waals surface area (Å²) in [7, 11) is 0. The zero-order valence-electron chi connectivity index (χ0n) is 14.8. The van der Waals surface area contributed by atoms with Gasteiger partial charge in [0.2, 0.25) is 0 Å². The number of nitrogens with zero attached hydrogens (tertiary/aromatic N) is 4. The van der Waals surface area contributed by atoms with Crippen LogP contribution in [0, 0.1) is 13.8 Å². The van der Waals surface area contributed by atoms with Crippen LogP contribution in [0.4, 0.5) is 5.69 Å². The molecule has 1 amide bonds. The van der Waals surface area contributed by atoms with Gasteiger partial charge >= 0.3 is 0 Å². The minimum Gasteiger partial charge on any atom is -0.349 e. The molecule has 0 bridgehead atoms. The minimum absolute atomic E-state index is 0.111. The van der Waals surface area contributed by atoms with Gasteiger partial charge in [-0.1, -0.05) is 0 Å². The van der Waals surface area contributed by atoms with Gasteiger partial charge in [0.05, 0.1) is 23.6 Å². The molecule has 0 saturated carbocycles. The summed E-state index contributed by atoms with van der Waals surface area (Å²) in [5.41, 5.74) is 4.28. The number of fused-ring (bicyclic) bond motifs is 1. The molecule has 6 heteroatoms. The first kappa shape index (κ1) is 16.2. The first-order valence-electron chi connectivity index (χ1n) is 8.23. The maximum absolute atomic E-state index is 12.6. The number of rotatable bonds is 4. The maximum Gasteiger partial charge on any atom is 0.257 e. The van der Waals surface area contributed by atoms with E-state index in [9.17, 15) is 4.79 Å². The molecule has 0 unspecified atom stereocenters. The molecule has 3 rings (SSSR count). The minimum atomic E-state index is -0.111. The van der Waals surface area contributed by atoms with Crippen molar-refractivity contribution in [2.45, 2.75) is 47.2 Å². The van der Waals surface area contributed by atoms with Gasteiger partial charge in [-0.2, -0.15) is 5.10 Å². The lowest BCUT2D eigenvalue weighted by molar-refractivity contribution is 0.102. The van der Waals surface area contributed by atoms with E-state index >= 15 is 0 Å². The molecule has 0 atom stereocenters. The number of pyridine rings is 1. The van der Waals surface area contributed by atoms with Gasteiger partial charge in [0.1, 0.15) is 0 Å². The average molecular weight is 325 g/mol. The largest absolute Gasteiger partial charge is 0.349 e. The summed E-state index contributed by atoms with van der Waals surface area (Å²) < 4.78 is 4.00. The molecule has 0 aliphatic heterocycles. The number of carbonyl (C=O) groups excluding carboxylic acids is 1. The fourth-order valence-corrected chi connectivity index (χ4v) is 3.10. The normalized spacial score (nSPS) is 11.4. The van der Waals surface area contributed by atoms with E-state index in [2.05, 4.69) is 40.7 Å². The highest BCUT2D eigenvalue weighted by Crippen LogP contribution is 2.21. The summed E-state index contributed by atoms with van der Waals surface area (Å²) >= 11 is 0. The van der Waals surface area contributed by atoms with Gasteiger partial charge in [-0.3, -0.25) is 4.79 Å². The average Bonchev–Trinajstić information content (AvgIpc) is 3.07. The zero-order valence-corrected chi connectivity index (χ0v) is 14.8. The Morgan fingerprint density at radius 1 is 1.25 bits per heavy atom. The smallest absolute Gasteiger partial charge is 0.257 e. The molecule has 0 aliphatic carbocycles. The number of hydrogen-bond acceptors (Lipinski definition) is 3. The van der Waals surface area contributed by atoms with Crippen LogP contribution in [-0.4, -0.2) is 25.2 Å². The van der Waals surface area contributed by atoms with Gasteiger partial charge < -0.3 is 9.88 Å². The number of aromatic nitrogens is 4. The van der Waals surface area contributed by atoms with Crippen LogP contribution in [0.5, 0.6) is 0 Å². The predicted octanol–water partition coefficient (Wildman–Crippen LogP) is 3.70. The molecular weight excluding hydrogens is 302 g/mol. The molecule has 126 valence electrons. The molecular formula is C18H23N5O. The maximum atomic E-state index is 12.6. The van der Waals surface area contributed by atoms with Crippen LogP contribution in [-0.2, 0) is 6.54 Å². The molecule has 0 spiro atoms. The van der Waals surface area contributed by atoms with Crippen LogP contribution in [0.1, 0.15) is 48.6 Å². The fraction of sp³-hybridized carbons (Fsp3) is 0.389. The van der Waals surface area contributed by atoms with Crippen LogP contribution in [0.15, 0.2) is 24.5 Å². The topological polar surface area (TPSA) is 64.7 Å². The summed E-state index contributed by atoms with van der Waals surface area (Å²) in [6.07, 6.45) is 3.46. The second-order valence-corrected chi connectivity index (χ2v) is 6.30. The summed E-state index contributed by atoms with van der Waals surface area (Å²) in [5.74, 6) is -0.111. The molecule has 1 N–H and O–H groups in total. The van der Waals surface area contributed by atoms with Crippen LogP contribution in [0.2, 0.25) is 0 Å². The summed E-state index contributed by atoms with van der Waals surface area (Å²) in [5, 5.41) is 8.21. The van der Waals surface area contributed by atoms with Crippen molar-refractivity contribution in [2.24, 2.45) is 0 Å². The molecule has 3 aromatic heterocycles. The standard InChI is InChI=1S/C18H23N5O/c1-6-22-12(4)7-16(13(22)5)18(24)21-15-8-14-9-20-23(11(2)3)17(14)19-10-15/h7-11H,6H2,1-5H3,(H,21,24). The lowest BCUT2D eigenvalue weighted by Crippen LogP contribution is -2.13. The van der Waals surface area contributed by atoms with Gasteiger partial charge in [-0.15, -0.1) is 0 Å². The lowest BCUT2D eigenvalue weighted by Gasteiger charge is -2.08. The van der Waals surface area contributed by atoms with E-state index in [1.165, 1.54) is 0 Å². The zero-order chi connectivity index (χ0) is 17.4. The van der Waals surface area contributed by atoms with Crippen molar-refractivity contribution in [3.8, 4) is 0 Å². The SMILES string of the molecule is CCn1c(C)cc(C(=O)Nc2cnc3c(cnn3C(C)C)c2)c1C. The summed E-state index contributed by atoms with van der Waals surface area (Å²) in [6.45, 7) is 11.0. The molecule has 0 radical (unpaired) electrons. The first-order valence-corrected chi connectivity index (χ1v) is 8.23. The number of hydrogen-bond donors (Lipinski definition) is 1. The Morgan fingerprint density at radius 3 is 2.62 bits per heavy atom. The third-order valence-electron chi connectivity index (χ3n) is 4.31. The van der Waals surface area contributed by atoms with Crippen molar-refractivity contribution >= 4 is 22.6 Å². The molecule has 6 nitrogen and oxygen atoms in total. The molecule has 24 heavy (non-hydrogen) atoms. The highest BCUT2D eigenvalue weighted by Gasteiger charge is 2.16. The van der Waals surface area contributed by atoms with Crippen molar-refractivity contribution in [1.82, 2.24) is 19.3 Å². The number of nitrogens with one attached hydrogen (secondary N) is 1. The van der Waals surface area contributed by atoms with E-state index in [-0.39, 0.29) is 11.9 Å². The van der Waals surface area contributed by atoms with E-state index < -0.39 is 0 Å². The Morgan fingerprint density at radius 2 is 2.00 bits per heavy atom. The van der Waals surface area contributed by atoms with Crippen molar-refractivity contribution in [2.75, 3.05) is 5.32 Å². The second kappa shape index (κ2) is 6.11. The van der Waals surface area contributed by atoms with Crippen LogP contribution >= 0.6 is 0 Å². The van der Waals surface area contributed by atoms with Gasteiger partial charge in [0.25, 0.3) is 5.91 Å². The van der Waals surface area contributed by atoms with Gasteiger partial charge in [0, 0.05) is 29.4 Å². The summed E-state index contributed by atoms with van der Waals surface area (Å²) in [6, 6.07) is 4.08. The molecule has 0 fully saturated rings. The Bertz CT molecular complexity index is 904. The molecule has 0 aliphatic rings. The monoisotopic (exact) mass is 325 g/mol. The lowest BCUT2D eigenvalue weighted by atomic mass is 10.2. The second-order valence-electron chi connectivity index (χ2n) is 6.30. The Kier molecular flexibility index (Phi) is 4.13. The predicted molar refractivity (Wildman–Crippen MR) is 95.4 cm³/mol.